The number of carbonyl (C=O) groups excluding carboxylic acids is 1. The lowest BCUT2D eigenvalue weighted by Gasteiger charge is -2.13. The van der Waals surface area contributed by atoms with Crippen LogP contribution >= 0.6 is 0 Å². The molecule has 0 radical (unpaired) electrons. The van der Waals surface area contributed by atoms with Crippen LogP contribution in [0.15, 0.2) is 55.1 Å². The molecule has 140 valence electrons. The van der Waals surface area contributed by atoms with E-state index in [1.165, 1.54) is 31.6 Å². The fourth-order valence-corrected chi connectivity index (χ4v) is 2.47. The fourth-order valence-electron chi connectivity index (χ4n) is 2.47. The molecule has 0 atom stereocenters. The van der Waals surface area contributed by atoms with E-state index in [9.17, 15) is 13.6 Å². The number of alkyl halides is 2. The van der Waals surface area contributed by atoms with Gasteiger partial charge < -0.3 is 14.8 Å². The predicted molar refractivity (Wildman–Crippen MR) is 93.1 cm³/mol. The Kier molecular flexibility index (Phi) is 5.60. The van der Waals surface area contributed by atoms with E-state index in [4.69, 9.17) is 4.74 Å². The van der Waals surface area contributed by atoms with Crippen molar-refractivity contribution in [3.63, 3.8) is 0 Å². The van der Waals surface area contributed by atoms with E-state index < -0.39 is 12.5 Å². The van der Waals surface area contributed by atoms with Gasteiger partial charge in [-0.15, -0.1) is 0 Å². The van der Waals surface area contributed by atoms with Crippen molar-refractivity contribution in [2.45, 2.75) is 13.2 Å². The van der Waals surface area contributed by atoms with Crippen molar-refractivity contribution in [2.24, 2.45) is 0 Å². The number of hydrogen-bond acceptors (Lipinski definition) is 5. The third kappa shape index (κ3) is 4.57. The van der Waals surface area contributed by atoms with E-state index in [0.717, 1.165) is 5.56 Å². The molecule has 3 rings (SSSR count). The number of benzene rings is 2. The minimum atomic E-state index is -2.98. The van der Waals surface area contributed by atoms with Crippen molar-refractivity contribution in [1.82, 2.24) is 14.8 Å². The van der Waals surface area contributed by atoms with E-state index in [0.29, 0.717) is 12.2 Å². The first-order valence-electron chi connectivity index (χ1n) is 7.91. The van der Waals surface area contributed by atoms with Gasteiger partial charge in [-0.25, -0.2) is 9.67 Å². The number of rotatable bonds is 7. The lowest BCUT2D eigenvalue weighted by Crippen LogP contribution is -2.14. The molecule has 0 bridgehead atoms. The van der Waals surface area contributed by atoms with Crippen LogP contribution in [0.3, 0.4) is 0 Å². The number of nitrogens with zero attached hydrogens (tertiary/aromatic N) is 3. The van der Waals surface area contributed by atoms with Crippen molar-refractivity contribution < 1.29 is 23.0 Å². The Balaban J connectivity index is 1.79. The highest BCUT2D eigenvalue weighted by molar-refractivity contribution is 6.05. The summed E-state index contributed by atoms with van der Waals surface area (Å²) in [5.41, 5.74) is 1.68. The van der Waals surface area contributed by atoms with Crippen LogP contribution in [0, 0.1) is 0 Å². The highest BCUT2D eigenvalue weighted by Crippen LogP contribution is 2.30. The summed E-state index contributed by atoms with van der Waals surface area (Å²) in [6, 6.07) is 11.2. The Hall–Kier alpha value is -3.49. The minimum Gasteiger partial charge on any atom is -0.493 e. The molecule has 1 aromatic heterocycles. The Labute approximate surface area is 153 Å². The zero-order valence-electron chi connectivity index (χ0n) is 14.3. The number of nitrogens with one attached hydrogen (secondary N) is 1. The van der Waals surface area contributed by atoms with Gasteiger partial charge in [-0.3, -0.25) is 4.79 Å². The number of methoxy groups -OCH3 is 1. The van der Waals surface area contributed by atoms with Gasteiger partial charge in [0.2, 0.25) is 0 Å². The Morgan fingerprint density at radius 2 is 2.04 bits per heavy atom. The molecule has 0 saturated carbocycles. The highest BCUT2D eigenvalue weighted by atomic mass is 19.3. The summed E-state index contributed by atoms with van der Waals surface area (Å²) in [6.07, 6.45) is 3.00. The standard InChI is InChI=1S/C18H16F2N4O3/c1-26-16-8-12(6-7-15(16)27-18(19)20)17(25)23-14-5-3-2-4-13(14)9-24-11-21-10-22-24/h2-8,10-11,18H,9H2,1H3,(H,23,25). The van der Waals surface area contributed by atoms with E-state index in [2.05, 4.69) is 20.1 Å². The molecule has 0 aliphatic heterocycles. The highest BCUT2D eigenvalue weighted by Gasteiger charge is 2.15. The summed E-state index contributed by atoms with van der Waals surface area (Å²) in [5.74, 6) is -0.516. The predicted octanol–water partition coefficient (Wildman–Crippen LogP) is 3.19. The second-order valence-electron chi connectivity index (χ2n) is 5.45. The van der Waals surface area contributed by atoms with E-state index in [1.807, 2.05) is 12.1 Å². The van der Waals surface area contributed by atoms with E-state index in [1.54, 1.807) is 23.1 Å². The van der Waals surface area contributed by atoms with Crippen LogP contribution in [-0.4, -0.2) is 34.4 Å². The van der Waals surface area contributed by atoms with E-state index in [-0.39, 0.29) is 17.1 Å². The van der Waals surface area contributed by atoms with Gasteiger partial charge in [0, 0.05) is 11.3 Å². The first-order chi connectivity index (χ1) is 13.1. The van der Waals surface area contributed by atoms with Crippen molar-refractivity contribution in [1.29, 1.82) is 0 Å². The Morgan fingerprint density at radius 3 is 2.74 bits per heavy atom. The summed E-state index contributed by atoms with van der Waals surface area (Å²) < 4.78 is 35.8. The summed E-state index contributed by atoms with van der Waals surface area (Å²) in [5, 5.41) is 6.85. The van der Waals surface area contributed by atoms with Crippen molar-refractivity contribution in [3.05, 3.63) is 66.2 Å². The molecule has 3 aromatic rings. The maximum Gasteiger partial charge on any atom is 0.387 e. The largest absolute Gasteiger partial charge is 0.493 e. The molecule has 2 aromatic carbocycles. The summed E-state index contributed by atoms with van der Waals surface area (Å²) in [6.45, 7) is -2.55. The molecule has 27 heavy (non-hydrogen) atoms. The molecule has 7 nitrogen and oxygen atoms in total. The zero-order chi connectivity index (χ0) is 19.2. The minimum absolute atomic E-state index is 0.0406. The molecular formula is C18H16F2N4O3. The average molecular weight is 374 g/mol. The van der Waals surface area contributed by atoms with Gasteiger partial charge in [-0.1, -0.05) is 18.2 Å². The molecular weight excluding hydrogens is 358 g/mol. The van der Waals surface area contributed by atoms with Gasteiger partial charge in [-0.2, -0.15) is 13.9 Å². The molecule has 1 N–H and O–H groups in total. The van der Waals surface area contributed by atoms with Crippen molar-refractivity contribution >= 4 is 11.6 Å². The number of halogens is 2. The number of hydrogen-bond donors (Lipinski definition) is 1. The fraction of sp³-hybridized carbons (Fsp3) is 0.167. The second-order valence-corrected chi connectivity index (χ2v) is 5.45. The number of carbonyl (C=O) groups is 1. The summed E-state index contributed by atoms with van der Waals surface area (Å²) in [4.78, 5) is 16.5. The van der Waals surface area contributed by atoms with E-state index >= 15 is 0 Å². The van der Waals surface area contributed by atoms with Crippen LogP contribution < -0.4 is 14.8 Å². The molecule has 1 amide bonds. The lowest BCUT2D eigenvalue weighted by atomic mass is 10.1. The second kappa shape index (κ2) is 8.26. The van der Waals surface area contributed by atoms with Crippen LogP contribution in [0.5, 0.6) is 11.5 Å². The van der Waals surface area contributed by atoms with Crippen LogP contribution in [0.1, 0.15) is 15.9 Å². The topological polar surface area (TPSA) is 78.3 Å². The maximum atomic E-state index is 12.6. The van der Waals surface area contributed by atoms with Crippen molar-refractivity contribution in [3.8, 4) is 11.5 Å². The van der Waals surface area contributed by atoms with Gasteiger partial charge in [0.1, 0.15) is 12.7 Å². The molecule has 0 spiro atoms. The monoisotopic (exact) mass is 374 g/mol. The van der Waals surface area contributed by atoms with Gasteiger partial charge in [0.15, 0.2) is 11.5 Å². The average Bonchev–Trinajstić information content (AvgIpc) is 3.16. The van der Waals surface area contributed by atoms with Crippen LogP contribution in [0.25, 0.3) is 0 Å². The number of aromatic nitrogens is 3. The van der Waals surface area contributed by atoms with Gasteiger partial charge in [0.25, 0.3) is 5.91 Å². The summed E-state index contributed by atoms with van der Waals surface area (Å²) in [7, 11) is 1.31. The number of anilines is 1. The quantitative estimate of drug-likeness (QED) is 0.687. The van der Waals surface area contributed by atoms with Crippen LogP contribution in [0.4, 0.5) is 14.5 Å². The molecule has 1 heterocycles. The van der Waals surface area contributed by atoms with Gasteiger partial charge in [-0.05, 0) is 29.8 Å². The SMILES string of the molecule is COc1cc(C(=O)Nc2ccccc2Cn2cncn2)ccc1OC(F)F. The molecule has 0 aliphatic carbocycles. The van der Waals surface area contributed by atoms with Crippen LogP contribution in [-0.2, 0) is 6.54 Å². The number of para-hydroxylation sites is 1. The van der Waals surface area contributed by atoms with Crippen LogP contribution in [0.2, 0.25) is 0 Å². The molecule has 0 saturated heterocycles. The van der Waals surface area contributed by atoms with Gasteiger partial charge >= 0.3 is 6.61 Å². The Bertz CT molecular complexity index is 917. The zero-order valence-corrected chi connectivity index (χ0v) is 14.3. The third-order valence-electron chi connectivity index (χ3n) is 3.71. The normalized spacial score (nSPS) is 10.7. The number of ether oxygens (including phenoxy) is 2. The third-order valence-corrected chi connectivity index (χ3v) is 3.71. The molecule has 0 aliphatic rings. The molecule has 9 heteroatoms. The number of amides is 1. The smallest absolute Gasteiger partial charge is 0.387 e. The van der Waals surface area contributed by atoms with Crippen molar-refractivity contribution in [2.75, 3.05) is 12.4 Å². The lowest BCUT2D eigenvalue weighted by molar-refractivity contribution is -0.0512. The molecule has 0 unspecified atom stereocenters. The first-order valence-corrected chi connectivity index (χ1v) is 7.91. The first kappa shape index (κ1) is 18.3. The Morgan fingerprint density at radius 1 is 1.22 bits per heavy atom. The summed E-state index contributed by atoms with van der Waals surface area (Å²) >= 11 is 0. The van der Waals surface area contributed by atoms with Gasteiger partial charge in [0.05, 0.1) is 13.7 Å². The maximum absolute atomic E-state index is 12.6. The molecule has 0 fully saturated rings.